The van der Waals surface area contributed by atoms with Gasteiger partial charge in [0.2, 0.25) is 5.13 Å². The first-order valence-corrected chi connectivity index (χ1v) is 6.79. The van der Waals surface area contributed by atoms with E-state index in [4.69, 9.17) is 10.9 Å². The molecule has 1 aromatic heterocycles. The Morgan fingerprint density at radius 1 is 1.41 bits per heavy atom. The molecule has 0 saturated heterocycles. The van der Waals surface area contributed by atoms with Crippen LogP contribution >= 0.6 is 11.3 Å². The molecule has 6 nitrogen and oxygen atoms in total. The van der Waals surface area contributed by atoms with E-state index in [1.807, 2.05) is 0 Å². The van der Waals surface area contributed by atoms with Crippen molar-refractivity contribution in [2.75, 3.05) is 18.6 Å². The summed E-state index contributed by atoms with van der Waals surface area (Å²) in [6, 6.07) is 0.584. The average Bonchev–Trinajstić information content (AvgIpc) is 2.99. The fraction of sp³-hybridized carbons (Fsp3) is 0.800. The molecule has 1 saturated carbocycles. The monoisotopic (exact) mass is 257 g/mol. The molecule has 2 rings (SSSR count). The Morgan fingerprint density at radius 2 is 2.18 bits per heavy atom. The molecule has 4 N–H and O–H groups in total. The van der Waals surface area contributed by atoms with Crippen molar-refractivity contribution in [1.29, 1.82) is 0 Å². The summed E-state index contributed by atoms with van der Waals surface area (Å²) in [5.41, 5.74) is 2.50. The first kappa shape index (κ1) is 12.7. The first-order valence-electron chi connectivity index (χ1n) is 5.97. The second-order valence-electron chi connectivity index (χ2n) is 4.28. The summed E-state index contributed by atoms with van der Waals surface area (Å²) in [5, 5.41) is 18.7. The number of aromatic nitrogens is 2. The fourth-order valence-electron chi connectivity index (χ4n) is 2.34. The normalized spacial score (nSPS) is 16.9. The lowest BCUT2D eigenvalue weighted by Crippen LogP contribution is -2.35. The minimum absolute atomic E-state index is 0.192. The van der Waals surface area contributed by atoms with E-state index < -0.39 is 0 Å². The van der Waals surface area contributed by atoms with Gasteiger partial charge in [0.25, 0.3) is 0 Å². The number of aliphatic hydroxyl groups excluding tert-OH is 1. The van der Waals surface area contributed by atoms with E-state index in [9.17, 15) is 0 Å². The van der Waals surface area contributed by atoms with E-state index in [1.54, 1.807) is 0 Å². The van der Waals surface area contributed by atoms with Crippen LogP contribution in [0.4, 0.5) is 5.13 Å². The summed E-state index contributed by atoms with van der Waals surface area (Å²) in [7, 11) is 0. The Morgan fingerprint density at radius 3 is 2.76 bits per heavy atom. The number of nitrogens with two attached hydrogens (primary N) is 1. The number of anilines is 1. The highest BCUT2D eigenvalue weighted by Crippen LogP contribution is 2.25. The number of hydrazine groups is 1. The van der Waals surface area contributed by atoms with Crippen molar-refractivity contribution in [3.63, 3.8) is 0 Å². The lowest BCUT2D eigenvalue weighted by Gasteiger charge is -2.26. The Hall–Kier alpha value is -0.760. The minimum Gasteiger partial charge on any atom is -0.395 e. The lowest BCUT2D eigenvalue weighted by molar-refractivity contribution is 0.144. The molecule has 0 bridgehead atoms. The number of nitrogen functional groups attached to an aromatic ring is 1. The van der Waals surface area contributed by atoms with Crippen LogP contribution in [-0.4, -0.2) is 39.4 Å². The number of nitrogens with one attached hydrogen (secondary N) is 1. The highest BCUT2D eigenvalue weighted by Gasteiger charge is 2.23. The highest BCUT2D eigenvalue weighted by molar-refractivity contribution is 7.15. The van der Waals surface area contributed by atoms with Crippen LogP contribution in [-0.2, 0) is 6.54 Å². The molecule has 17 heavy (non-hydrogen) atoms. The molecule has 0 radical (unpaired) electrons. The number of nitrogens with zero attached hydrogens (tertiary/aromatic N) is 3. The summed E-state index contributed by atoms with van der Waals surface area (Å²) in [4.78, 5) is 2.30. The van der Waals surface area contributed by atoms with Gasteiger partial charge in [0, 0.05) is 12.6 Å². The molecule has 1 aromatic rings. The average molecular weight is 257 g/mol. The van der Waals surface area contributed by atoms with Gasteiger partial charge in [-0.15, -0.1) is 10.2 Å². The summed E-state index contributed by atoms with van der Waals surface area (Å²) in [5.74, 6) is 5.28. The summed E-state index contributed by atoms with van der Waals surface area (Å²) < 4.78 is 0. The molecule has 96 valence electrons. The van der Waals surface area contributed by atoms with Crippen LogP contribution in [0.25, 0.3) is 0 Å². The zero-order chi connectivity index (χ0) is 12.1. The molecule has 1 heterocycles. The van der Waals surface area contributed by atoms with Gasteiger partial charge in [-0.3, -0.25) is 10.3 Å². The molecule has 7 heteroatoms. The second kappa shape index (κ2) is 6.25. The van der Waals surface area contributed by atoms with Crippen molar-refractivity contribution in [3.8, 4) is 0 Å². The molecule has 0 amide bonds. The van der Waals surface area contributed by atoms with Crippen LogP contribution in [0.3, 0.4) is 0 Å². The Balaban J connectivity index is 1.96. The third-order valence-electron chi connectivity index (χ3n) is 3.16. The SMILES string of the molecule is NNc1nnc(CN(CCO)C2CCCC2)s1. The molecule has 1 fully saturated rings. The van der Waals surface area contributed by atoms with Crippen LogP contribution in [0.15, 0.2) is 0 Å². The van der Waals surface area contributed by atoms with Crippen LogP contribution in [0, 0.1) is 0 Å². The van der Waals surface area contributed by atoms with Crippen molar-refractivity contribution < 1.29 is 5.11 Å². The molecule has 1 aliphatic rings. The maximum Gasteiger partial charge on any atom is 0.219 e. The summed E-state index contributed by atoms with van der Waals surface area (Å²) in [6.45, 7) is 1.65. The van der Waals surface area contributed by atoms with Gasteiger partial charge >= 0.3 is 0 Å². The largest absolute Gasteiger partial charge is 0.395 e. The molecule has 0 aliphatic heterocycles. The second-order valence-corrected chi connectivity index (χ2v) is 5.34. The van der Waals surface area contributed by atoms with Crippen LogP contribution < -0.4 is 11.3 Å². The van der Waals surface area contributed by atoms with E-state index in [1.165, 1.54) is 37.0 Å². The van der Waals surface area contributed by atoms with Crippen molar-refractivity contribution >= 4 is 16.5 Å². The van der Waals surface area contributed by atoms with Gasteiger partial charge in [-0.05, 0) is 12.8 Å². The predicted octanol–water partition coefficient (Wildman–Crippen LogP) is 0.561. The van der Waals surface area contributed by atoms with E-state index >= 15 is 0 Å². The maximum atomic E-state index is 9.12. The van der Waals surface area contributed by atoms with E-state index in [0.29, 0.717) is 17.7 Å². The Kier molecular flexibility index (Phi) is 4.66. The Labute approximate surface area is 105 Å². The third-order valence-corrected chi connectivity index (χ3v) is 4.00. The number of aliphatic hydroxyl groups is 1. The predicted molar refractivity (Wildman–Crippen MR) is 67.5 cm³/mol. The lowest BCUT2D eigenvalue weighted by atomic mass is 10.2. The van der Waals surface area contributed by atoms with E-state index in [2.05, 4.69) is 20.5 Å². The minimum atomic E-state index is 0.192. The molecule has 0 aromatic carbocycles. The topological polar surface area (TPSA) is 87.3 Å². The van der Waals surface area contributed by atoms with Gasteiger partial charge in [-0.1, -0.05) is 24.2 Å². The standard InChI is InChI=1S/C10H19N5OS/c11-12-10-14-13-9(17-10)7-15(5-6-16)8-3-1-2-4-8/h8,16H,1-7,11H2,(H,12,14). The number of hydrogen-bond acceptors (Lipinski definition) is 7. The van der Waals surface area contributed by atoms with Gasteiger partial charge in [0.1, 0.15) is 5.01 Å². The zero-order valence-electron chi connectivity index (χ0n) is 9.80. The van der Waals surface area contributed by atoms with Crippen LogP contribution in [0.2, 0.25) is 0 Å². The summed E-state index contributed by atoms with van der Waals surface area (Å²) >= 11 is 1.46. The number of rotatable bonds is 6. The van der Waals surface area contributed by atoms with E-state index in [0.717, 1.165) is 11.6 Å². The van der Waals surface area contributed by atoms with Crippen molar-refractivity contribution in [2.24, 2.45) is 5.84 Å². The molecular formula is C10H19N5OS. The fourth-order valence-corrected chi connectivity index (χ4v) is 3.01. The van der Waals surface area contributed by atoms with Gasteiger partial charge in [0.05, 0.1) is 13.2 Å². The zero-order valence-corrected chi connectivity index (χ0v) is 10.6. The van der Waals surface area contributed by atoms with Gasteiger partial charge in [-0.2, -0.15) is 0 Å². The van der Waals surface area contributed by atoms with Crippen molar-refractivity contribution in [1.82, 2.24) is 15.1 Å². The summed E-state index contributed by atoms with van der Waals surface area (Å²) in [6.07, 6.45) is 5.03. The smallest absolute Gasteiger partial charge is 0.219 e. The molecular weight excluding hydrogens is 238 g/mol. The van der Waals surface area contributed by atoms with Gasteiger partial charge in [-0.25, -0.2) is 5.84 Å². The molecule has 0 atom stereocenters. The number of hydrogen-bond donors (Lipinski definition) is 3. The van der Waals surface area contributed by atoms with Crippen molar-refractivity contribution in [3.05, 3.63) is 5.01 Å². The Bertz CT molecular complexity index is 339. The highest BCUT2D eigenvalue weighted by atomic mass is 32.1. The molecule has 0 unspecified atom stereocenters. The van der Waals surface area contributed by atoms with Crippen LogP contribution in [0.1, 0.15) is 30.7 Å². The molecule has 0 spiro atoms. The third kappa shape index (κ3) is 3.35. The van der Waals surface area contributed by atoms with Crippen LogP contribution in [0.5, 0.6) is 0 Å². The first-order chi connectivity index (χ1) is 8.33. The quantitative estimate of drug-likeness (QED) is 0.510. The van der Waals surface area contributed by atoms with E-state index in [-0.39, 0.29) is 6.61 Å². The molecule has 1 aliphatic carbocycles. The van der Waals surface area contributed by atoms with Gasteiger partial charge in [0.15, 0.2) is 0 Å². The van der Waals surface area contributed by atoms with Crippen molar-refractivity contribution in [2.45, 2.75) is 38.3 Å². The maximum absolute atomic E-state index is 9.12. The van der Waals surface area contributed by atoms with Gasteiger partial charge < -0.3 is 5.11 Å².